The first-order valence-corrected chi connectivity index (χ1v) is 12.6. The van der Waals surface area contributed by atoms with Crippen molar-refractivity contribution in [2.24, 2.45) is 5.92 Å². The molecule has 0 saturated carbocycles. The second-order valence-corrected chi connectivity index (χ2v) is 10.2. The summed E-state index contributed by atoms with van der Waals surface area (Å²) >= 11 is 12.6. The van der Waals surface area contributed by atoms with Crippen LogP contribution in [-0.4, -0.2) is 34.3 Å². The number of allylic oxidation sites excluding steroid dienone is 3. The van der Waals surface area contributed by atoms with E-state index < -0.39 is 23.3 Å². The Balaban J connectivity index is 1.71. The van der Waals surface area contributed by atoms with Gasteiger partial charge in [0, 0.05) is 17.7 Å². The number of hydrogen-bond donors (Lipinski definition) is 3. The summed E-state index contributed by atoms with van der Waals surface area (Å²) in [5, 5.41) is 15.0. The Bertz CT molecular complexity index is 1220. The van der Waals surface area contributed by atoms with Crippen LogP contribution in [0, 0.1) is 12.8 Å². The van der Waals surface area contributed by atoms with Crippen molar-refractivity contribution in [3.8, 4) is 0 Å². The number of aryl methyl sites for hydroxylation is 1. The molecule has 2 amide bonds. The van der Waals surface area contributed by atoms with Gasteiger partial charge in [-0.15, -0.1) is 11.6 Å². The third-order valence-electron chi connectivity index (χ3n) is 6.19. The molecule has 0 heterocycles. The third-order valence-corrected chi connectivity index (χ3v) is 7.14. The van der Waals surface area contributed by atoms with Crippen LogP contribution in [0.2, 0.25) is 0 Å². The van der Waals surface area contributed by atoms with Crippen LogP contribution < -0.4 is 10.6 Å². The number of hydrogen-bond acceptors (Lipinski definition) is 3. The van der Waals surface area contributed by atoms with Crippen LogP contribution in [0.3, 0.4) is 0 Å². The predicted molar refractivity (Wildman–Crippen MR) is 144 cm³/mol. The SMILES string of the molecule is Cc1cccc(C(C)C)c1C(=O)NC(Cc1ccc(NC(=O)C2=C(Cl)C=CC(C)C2Cl)cc1)C(=O)O. The van der Waals surface area contributed by atoms with Gasteiger partial charge in [-0.2, -0.15) is 0 Å². The molecule has 0 aliphatic heterocycles. The van der Waals surface area contributed by atoms with Gasteiger partial charge in [-0.3, -0.25) is 9.59 Å². The summed E-state index contributed by atoms with van der Waals surface area (Å²) in [6.45, 7) is 7.72. The molecule has 3 rings (SSSR count). The molecule has 0 bridgehead atoms. The van der Waals surface area contributed by atoms with E-state index in [-0.39, 0.29) is 24.2 Å². The van der Waals surface area contributed by atoms with Gasteiger partial charge < -0.3 is 15.7 Å². The molecule has 0 aromatic heterocycles. The highest BCUT2D eigenvalue weighted by Gasteiger charge is 2.29. The molecule has 3 atom stereocenters. The first-order valence-electron chi connectivity index (χ1n) is 11.7. The van der Waals surface area contributed by atoms with Crippen LogP contribution >= 0.6 is 23.2 Å². The van der Waals surface area contributed by atoms with E-state index in [9.17, 15) is 19.5 Å². The number of aliphatic carboxylic acids is 1. The highest BCUT2D eigenvalue weighted by Crippen LogP contribution is 2.31. The summed E-state index contributed by atoms with van der Waals surface area (Å²) in [6, 6.07) is 11.3. The second-order valence-electron chi connectivity index (χ2n) is 9.29. The minimum Gasteiger partial charge on any atom is -0.480 e. The molecule has 3 N–H and O–H groups in total. The van der Waals surface area contributed by atoms with Gasteiger partial charge in [0.2, 0.25) is 0 Å². The Morgan fingerprint density at radius 2 is 1.72 bits per heavy atom. The summed E-state index contributed by atoms with van der Waals surface area (Å²) in [6.07, 6.45) is 3.61. The smallest absolute Gasteiger partial charge is 0.326 e. The monoisotopic (exact) mass is 528 g/mol. The van der Waals surface area contributed by atoms with Gasteiger partial charge in [-0.05, 0) is 53.7 Å². The number of anilines is 1. The van der Waals surface area contributed by atoms with E-state index in [1.807, 2.05) is 52.0 Å². The number of alkyl halides is 1. The first kappa shape index (κ1) is 27.5. The Morgan fingerprint density at radius 3 is 2.33 bits per heavy atom. The highest BCUT2D eigenvalue weighted by molar-refractivity contribution is 6.37. The minimum absolute atomic E-state index is 0.0308. The van der Waals surface area contributed by atoms with E-state index >= 15 is 0 Å². The van der Waals surface area contributed by atoms with E-state index in [0.29, 0.717) is 27.4 Å². The van der Waals surface area contributed by atoms with Gasteiger partial charge in [-0.1, -0.05) is 68.8 Å². The van der Waals surface area contributed by atoms with Crippen molar-refractivity contribution < 1.29 is 19.5 Å². The molecule has 2 aromatic rings. The molecule has 3 unspecified atom stereocenters. The largest absolute Gasteiger partial charge is 0.480 e. The fraction of sp³-hybridized carbons (Fsp3) is 0.321. The average Bonchev–Trinajstić information content (AvgIpc) is 2.82. The van der Waals surface area contributed by atoms with Crippen molar-refractivity contribution in [2.45, 2.75) is 51.5 Å². The maximum Gasteiger partial charge on any atom is 0.326 e. The Morgan fingerprint density at radius 1 is 1.06 bits per heavy atom. The van der Waals surface area contributed by atoms with Gasteiger partial charge in [0.05, 0.1) is 16.0 Å². The number of benzene rings is 2. The summed E-state index contributed by atoms with van der Waals surface area (Å²) in [7, 11) is 0. The van der Waals surface area contributed by atoms with Crippen LogP contribution in [0.1, 0.15) is 53.7 Å². The van der Waals surface area contributed by atoms with E-state index in [4.69, 9.17) is 23.2 Å². The first-order chi connectivity index (χ1) is 17.0. The Hall–Kier alpha value is -3.09. The fourth-order valence-corrected chi connectivity index (χ4v) is 4.76. The number of rotatable bonds is 8. The van der Waals surface area contributed by atoms with Crippen LogP contribution in [-0.2, 0) is 16.0 Å². The zero-order chi connectivity index (χ0) is 26.6. The van der Waals surface area contributed by atoms with Gasteiger partial charge in [0.25, 0.3) is 11.8 Å². The number of carboxylic acids is 1. The Labute approximate surface area is 221 Å². The van der Waals surface area contributed by atoms with E-state index in [2.05, 4.69) is 10.6 Å². The summed E-state index contributed by atoms with van der Waals surface area (Å²) in [5.74, 6) is -1.85. The van der Waals surface area contributed by atoms with Crippen molar-refractivity contribution in [3.05, 3.63) is 87.5 Å². The lowest BCUT2D eigenvalue weighted by Gasteiger charge is -2.22. The topological polar surface area (TPSA) is 95.5 Å². The fourth-order valence-electron chi connectivity index (χ4n) is 4.12. The van der Waals surface area contributed by atoms with Crippen molar-refractivity contribution in [1.29, 1.82) is 0 Å². The molecule has 1 aliphatic carbocycles. The molecule has 0 fully saturated rings. The maximum absolute atomic E-state index is 13.0. The van der Waals surface area contributed by atoms with Crippen molar-refractivity contribution in [3.63, 3.8) is 0 Å². The standard InChI is InChI=1S/C28H30Cl2N2O4/c1-15(2)20-7-5-6-16(3)23(20)26(33)32-22(28(35)36)14-18-9-11-19(12-10-18)31-27(34)24-21(29)13-8-17(4)25(24)30/h5-13,15,17,22,25H,14H2,1-4H3,(H,31,34)(H,32,33)(H,35,36). The third kappa shape index (κ3) is 6.37. The lowest BCUT2D eigenvalue weighted by molar-refractivity contribution is -0.139. The van der Waals surface area contributed by atoms with E-state index in [1.54, 1.807) is 30.3 Å². The van der Waals surface area contributed by atoms with Crippen LogP contribution in [0.4, 0.5) is 5.69 Å². The summed E-state index contributed by atoms with van der Waals surface area (Å²) < 4.78 is 0. The molecule has 36 heavy (non-hydrogen) atoms. The molecule has 6 nitrogen and oxygen atoms in total. The van der Waals surface area contributed by atoms with Gasteiger partial charge in [-0.25, -0.2) is 4.79 Å². The molecular formula is C28H30Cl2N2O4. The van der Waals surface area contributed by atoms with Crippen LogP contribution in [0.5, 0.6) is 0 Å². The number of halogens is 2. The summed E-state index contributed by atoms with van der Waals surface area (Å²) in [4.78, 5) is 37.7. The van der Waals surface area contributed by atoms with Crippen molar-refractivity contribution in [2.75, 3.05) is 5.32 Å². The second kappa shape index (κ2) is 11.8. The number of amides is 2. The highest BCUT2D eigenvalue weighted by atomic mass is 35.5. The van der Waals surface area contributed by atoms with Crippen LogP contribution in [0.15, 0.2) is 65.2 Å². The lowest BCUT2D eigenvalue weighted by atomic mass is 9.93. The Kier molecular flexibility index (Phi) is 8.98. The molecule has 0 spiro atoms. The maximum atomic E-state index is 13.0. The van der Waals surface area contributed by atoms with Gasteiger partial charge in [0.15, 0.2) is 0 Å². The molecule has 0 radical (unpaired) electrons. The summed E-state index contributed by atoms with van der Waals surface area (Å²) in [5.41, 5.74) is 3.69. The van der Waals surface area contributed by atoms with Gasteiger partial charge in [0.1, 0.15) is 6.04 Å². The lowest BCUT2D eigenvalue weighted by Crippen LogP contribution is -2.42. The van der Waals surface area contributed by atoms with Gasteiger partial charge >= 0.3 is 5.97 Å². The number of nitrogens with one attached hydrogen (secondary N) is 2. The minimum atomic E-state index is -1.13. The van der Waals surface area contributed by atoms with E-state index in [1.165, 1.54) is 0 Å². The normalized spacial score (nSPS) is 18.2. The molecule has 0 saturated heterocycles. The number of carboxylic acid groups (broad SMARTS) is 1. The average molecular weight is 529 g/mol. The zero-order valence-corrected chi connectivity index (χ0v) is 22.2. The zero-order valence-electron chi connectivity index (χ0n) is 20.6. The van der Waals surface area contributed by atoms with E-state index in [0.717, 1.165) is 11.1 Å². The molecule has 8 heteroatoms. The van der Waals surface area contributed by atoms with Crippen molar-refractivity contribution in [1.82, 2.24) is 5.32 Å². The van der Waals surface area contributed by atoms with Crippen LogP contribution in [0.25, 0.3) is 0 Å². The van der Waals surface area contributed by atoms with Crippen molar-refractivity contribution >= 4 is 46.7 Å². The molecule has 2 aromatic carbocycles. The molecular weight excluding hydrogens is 499 g/mol. The number of carbonyl (C=O) groups excluding carboxylic acids is 2. The quantitative estimate of drug-likeness (QED) is 0.378. The number of carbonyl (C=O) groups is 3. The molecule has 190 valence electrons. The molecule has 1 aliphatic rings. The predicted octanol–water partition coefficient (Wildman–Crippen LogP) is 5.79.